The first-order valence-corrected chi connectivity index (χ1v) is 6.87. The largest absolute Gasteiger partial charge is 0.408 e. The maximum absolute atomic E-state index is 12.1. The van der Waals surface area contributed by atoms with Gasteiger partial charge in [-0.2, -0.15) is 0 Å². The van der Waals surface area contributed by atoms with Crippen LogP contribution in [-0.2, 0) is 10.0 Å². The highest BCUT2D eigenvalue weighted by Gasteiger charge is 2.18. The van der Waals surface area contributed by atoms with Gasteiger partial charge in [0.25, 0.3) is 10.0 Å². The molecule has 0 saturated carbocycles. The van der Waals surface area contributed by atoms with Gasteiger partial charge in [-0.15, -0.1) is 5.10 Å². The second kappa shape index (κ2) is 5.68. The van der Waals surface area contributed by atoms with E-state index >= 15 is 0 Å². The quantitative estimate of drug-likeness (QED) is 0.760. The predicted octanol–water partition coefficient (Wildman–Crippen LogP) is -0.0824. The monoisotopic (exact) mass is 294 g/mol. The lowest BCUT2D eigenvalue weighted by Crippen LogP contribution is -2.13. The molecule has 0 spiro atoms. The van der Waals surface area contributed by atoms with E-state index in [0.717, 1.165) is 6.20 Å². The van der Waals surface area contributed by atoms with Gasteiger partial charge < -0.3 is 9.52 Å². The fraction of sp³-hybridized carbons (Fsp3) is 0.182. The molecule has 2 heterocycles. The van der Waals surface area contributed by atoms with Crippen molar-refractivity contribution in [2.75, 3.05) is 11.3 Å². The lowest BCUT2D eigenvalue weighted by atomic mass is 10.3. The molecular formula is C11H10N4O4S. The van der Waals surface area contributed by atoms with Crippen LogP contribution in [-0.4, -0.2) is 35.3 Å². The molecule has 0 saturated heterocycles. The van der Waals surface area contributed by atoms with E-state index in [4.69, 9.17) is 9.52 Å². The third kappa shape index (κ3) is 3.31. The SMILES string of the molecule is Cc1nnc(NS(=O)(=O)c2cncc(C#CCO)c2)o1. The van der Waals surface area contributed by atoms with Gasteiger partial charge in [-0.25, -0.2) is 13.1 Å². The molecule has 0 atom stereocenters. The van der Waals surface area contributed by atoms with Crippen molar-refractivity contribution in [3.8, 4) is 11.8 Å². The van der Waals surface area contributed by atoms with Crippen LogP contribution in [0.3, 0.4) is 0 Å². The van der Waals surface area contributed by atoms with Gasteiger partial charge in [0.15, 0.2) is 0 Å². The van der Waals surface area contributed by atoms with Crippen LogP contribution < -0.4 is 4.72 Å². The molecule has 8 nitrogen and oxygen atoms in total. The van der Waals surface area contributed by atoms with Crippen LogP contribution in [0.1, 0.15) is 11.5 Å². The Labute approximate surface area is 114 Å². The van der Waals surface area contributed by atoms with E-state index < -0.39 is 10.0 Å². The third-order valence-electron chi connectivity index (χ3n) is 2.08. The molecule has 0 bridgehead atoms. The van der Waals surface area contributed by atoms with Crippen LogP contribution in [0.15, 0.2) is 27.8 Å². The Kier molecular flexibility index (Phi) is 3.97. The predicted molar refractivity (Wildman–Crippen MR) is 68.0 cm³/mol. The van der Waals surface area contributed by atoms with Gasteiger partial charge in [-0.05, 0) is 6.07 Å². The molecule has 20 heavy (non-hydrogen) atoms. The zero-order chi connectivity index (χ0) is 14.6. The maximum Gasteiger partial charge on any atom is 0.329 e. The Balaban J connectivity index is 2.29. The summed E-state index contributed by atoms with van der Waals surface area (Å²) in [6, 6.07) is 1.09. The highest BCUT2D eigenvalue weighted by molar-refractivity contribution is 7.92. The zero-order valence-corrected chi connectivity index (χ0v) is 11.2. The number of pyridine rings is 1. The highest BCUT2D eigenvalue weighted by atomic mass is 32.2. The van der Waals surface area contributed by atoms with Crippen molar-refractivity contribution in [1.82, 2.24) is 15.2 Å². The Morgan fingerprint density at radius 1 is 1.40 bits per heavy atom. The molecule has 0 fully saturated rings. The molecule has 0 radical (unpaired) electrons. The van der Waals surface area contributed by atoms with Crippen molar-refractivity contribution in [2.45, 2.75) is 11.8 Å². The number of aliphatic hydroxyl groups excluding tert-OH is 1. The third-order valence-corrected chi connectivity index (χ3v) is 3.37. The van der Waals surface area contributed by atoms with Crippen LogP contribution in [0.5, 0.6) is 0 Å². The topological polar surface area (TPSA) is 118 Å². The summed E-state index contributed by atoms with van der Waals surface area (Å²) < 4.78 is 31.2. The number of sulfonamides is 1. The van der Waals surface area contributed by atoms with Gasteiger partial charge in [0.05, 0.1) is 0 Å². The standard InChI is InChI=1S/C11H10N4O4S/c1-8-13-14-11(19-8)15-20(17,18)10-5-9(3-2-4-16)6-12-7-10/h5-7,16H,4H2,1H3,(H,14,15). The molecule has 0 aliphatic carbocycles. The van der Waals surface area contributed by atoms with Crippen LogP contribution >= 0.6 is 0 Å². The molecule has 2 aromatic rings. The van der Waals surface area contributed by atoms with Crippen molar-refractivity contribution in [2.24, 2.45) is 0 Å². The molecule has 9 heteroatoms. The van der Waals surface area contributed by atoms with E-state index in [1.165, 1.54) is 19.2 Å². The zero-order valence-electron chi connectivity index (χ0n) is 10.4. The molecular weight excluding hydrogens is 284 g/mol. The van der Waals surface area contributed by atoms with Gasteiger partial charge in [0, 0.05) is 24.9 Å². The summed E-state index contributed by atoms with van der Waals surface area (Å²) in [6.45, 7) is 1.22. The molecule has 2 aromatic heterocycles. The first kappa shape index (κ1) is 14.0. The van der Waals surface area contributed by atoms with Crippen LogP contribution in [0.25, 0.3) is 0 Å². The Morgan fingerprint density at radius 3 is 2.85 bits per heavy atom. The summed E-state index contributed by atoms with van der Waals surface area (Å²) in [4.78, 5) is 3.68. The van der Waals surface area contributed by atoms with Crippen LogP contribution in [0, 0.1) is 18.8 Å². The Hall–Kier alpha value is -2.44. The Morgan fingerprint density at radius 2 is 2.20 bits per heavy atom. The van der Waals surface area contributed by atoms with Crippen LogP contribution in [0.4, 0.5) is 6.01 Å². The highest BCUT2D eigenvalue weighted by Crippen LogP contribution is 2.14. The fourth-order valence-corrected chi connectivity index (χ4v) is 2.20. The lowest BCUT2D eigenvalue weighted by Gasteiger charge is -2.03. The molecule has 0 aromatic carbocycles. The van der Waals surface area contributed by atoms with Crippen molar-refractivity contribution < 1.29 is 17.9 Å². The first-order valence-electron chi connectivity index (χ1n) is 5.39. The summed E-state index contributed by atoms with van der Waals surface area (Å²) >= 11 is 0. The van der Waals surface area contributed by atoms with E-state index in [1.54, 1.807) is 0 Å². The van der Waals surface area contributed by atoms with E-state index in [1.807, 2.05) is 0 Å². The molecule has 0 unspecified atom stereocenters. The van der Waals surface area contributed by atoms with Crippen molar-refractivity contribution >= 4 is 16.0 Å². The van der Waals surface area contributed by atoms with Crippen LogP contribution in [0.2, 0.25) is 0 Å². The molecule has 2 rings (SSSR count). The fourth-order valence-electron chi connectivity index (χ4n) is 1.29. The molecule has 0 aliphatic rings. The van der Waals surface area contributed by atoms with Gasteiger partial charge in [-0.1, -0.05) is 16.9 Å². The average Bonchev–Trinajstić information content (AvgIpc) is 2.81. The summed E-state index contributed by atoms with van der Waals surface area (Å²) in [5.74, 6) is 5.21. The number of hydrogen-bond donors (Lipinski definition) is 2. The van der Waals surface area contributed by atoms with E-state index in [9.17, 15) is 8.42 Å². The Bertz CT molecular complexity index is 773. The lowest BCUT2D eigenvalue weighted by molar-refractivity contribution is 0.350. The van der Waals surface area contributed by atoms with Crippen molar-refractivity contribution in [3.63, 3.8) is 0 Å². The summed E-state index contributed by atoms with van der Waals surface area (Å²) in [5.41, 5.74) is 0.364. The first-order chi connectivity index (χ1) is 9.51. The second-order valence-corrected chi connectivity index (χ2v) is 5.28. The maximum atomic E-state index is 12.1. The number of rotatable bonds is 3. The molecule has 0 amide bonds. The van der Waals surface area contributed by atoms with Crippen molar-refractivity contribution in [3.05, 3.63) is 29.9 Å². The van der Waals surface area contributed by atoms with E-state index in [-0.39, 0.29) is 23.4 Å². The second-order valence-electron chi connectivity index (χ2n) is 3.60. The number of aryl methyl sites for hydroxylation is 1. The number of nitrogens with zero attached hydrogens (tertiary/aromatic N) is 3. The number of hydrogen-bond acceptors (Lipinski definition) is 7. The minimum absolute atomic E-state index is 0.0990. The molecule has 2 N–H and O–H groups in total. The summed E-state index contributed by atoms with van der Waals surface area (Å²) in [6.07, 6.45) is 2.55. The number of aliphatic hydroxyl groups is 1. The summed E-state index contributed by atoms with van der Waals surface area (Å²) in [5, 5.41) is 15.7. The van der Waals surface area contributed by atoms with E-state index in [0.29, 0.717) is 5.56 Å². The normalized spacial score (nSPS) is 10.7. The molecule has 104 valence electrons. The molecule has 0 aliphatic heterocycles. The number of nitrogens with one attached hydrogen (secondary N) is 1. The minimum Gasteiger partial charge on any atom is -0.408 e. The number of aromatic nitrogens is 3. The minimum atomic E-state index is -3.89. The summed E-state index contributed by atoms with van der Waals surface area (Å²) in [7, 11) is -3.89. The average molecular weight is 294 g/mol. The smallest absolute Gasteiger partial charge is 0.329 e. The number of anilines is 1. The van der Waals surface area contributed by atoms with Crippen molar-refractivity contribution in [1.29, 1.82) is 0 Å². The van der Waals surface area contributed by atoms with Gasteiger partial charge in [-0.3, -0.25) is 4.98 Å². The van der Waals surface area contributed by atoms with Gasteiger partial charge in [0.1, 0.15) is 11.5 Å². The van der Waals surface area contributed by atoms with E-state index in [2.05, 4.69) is 31.7 Å². The van der Waals surface area contributed by atoms with Gasteiger partial charge >= 0.3 is 6.01 Å². The van der Waals surface area contributed by atoms with Gasteiger partial charge in [0.2, 0.25) is 5.89 Å².